The van der Waals surface area contributed by atoms with Gasteiger partial charge in [0.05, 0.1) is 16.2 Å². The SMILES string of the molecule is Cc1cnc(-c2cccc(Br)c2O)o1. The lowest BCUT2D eigenvalue weighted by Gasteiger charge is -2.01. The predicted molar refractivity (Wildman–Crippen MR) is 56.0 cm³/mol. The Hall–Kier alpha value is -1.29. The lowest BCUT2D eigenvalue weighted by atomic mass is 10.2. The first-order valence-corrected chi connectivity index (χ1v) is 4.88. The molecule has 0 aliphatic carbocycles. The Morgan fingerprint density at radius 1 is 1.43 bits per heavy atom. The van der Waals surface area contributed by atoms with Crippen LogP contribution in [0.4, 0.5) is 0 Å². The first-order chi connectivity index (χ1) is 6.68. The molecule has 72 valence electrons. The van der Waals surface area contributed by atoms with Crippen molar-refractivity contribution >= 4 is 15.9 Å². The number of aryl methyl sites for hydroxylation is 1. The van der Waals surface area contributed by atoms with Gasteiger partial charge in [0, 0.05) is 0 Å². The Morgan fingerprint density at radius 3 is 2.86 bits per heavy atom. The molecule has 4 heteroatoms. The van der Waals surface area contributed by atoms with Crippen molar-refractivity contribution in [3.8, 4) is 17.2 Å². The first-order valence-electron chi connectivity index (χ1n) is 4.09. The molecule has 0 atom stereocenters. The van der Waals surface area contributed by atoms with Gasteiger partial charge in [-0.1, -0.05) is 6.07 Å². The van der Waals surface area contributed by atoms with Crippen LogP contribution in [0.25, 0.3) is 11.5 Å². The Kier molecular flexibility index (Phi) is 2.29. The Bertz CT molecular complexity index is 465. The molecule has 0 saturated carbocycles. The third-order valence-electron chi connectivity index (χ3n) is 1.84. The summed E-state index contributed by atoms with van der Waals surface area (Å²) in [6, 6.07) is 5.33. The monoisotopic (exact) mass is 253 g/mol. The van der Waals surface area contributed by atoms with E-state index in [1.165, 1.54) is 0 Å². The molecular weight excluding hydrogens is 246 g/mol. The number of halogens is 1. The molecule has 0 aliphatic heterocycles. The minimum absolute atomic E-state index is 0.148. The van der Waals surface area contributed by atoms with Gasteiger partial charge in [0.25, 0.3) is 0 Å². The molecule has 3 nitrogen and oxygen atoms in total. The van der Waals surface area contributed by atoms with Crippen LogP contribution in [-0.2, 0) is 0 Å². The second kappa shape index (κ2) is 3.46. The minimum atomic E-state index is 0.148. The standard InChI is InChI=1S/C10H8BrNO2/c1-6-5-12-10(14-6)7-3-2-4-8(11)9(7)13/h2-5,13H,1H3. The van der Waals surface area contributed by atoms with Crippen LogP contribution >= 0.6 is 15.9 Å². The van der Waals surface area contributed by atoms with Crippen molar-refractivity contribution in [3.63, 3.8) is 0 Å². The number of phenols is 1. The highest BCUT2D eigenvalue weighted by Crippen LogP contribution is 2.34. The largest absolute Gasteiger partial charge is 0.506 e. The maximum Gasteiger partial charge on any atom is 0.230 e. The molecule has 1 heterocycles. The normalized spacial score (nSPS) is 10.4. The van der Waals surface area contributed by atoms with E-state index in [0.717, 1.165) is 5.76 Å². The van der Waals surface area contributed by atoms with Gasteiger partial charge in [0.1, 0.15) is 11.5 Å². The van der Waals surface area contributed by atoms with Crippen molar-refractivity contribution in [1.29, 1.82) is 0 Å². The van der Waals surface area contributed by atoms with Crippen molar-refractivity contribution in [1.82, 2.24) is 4.98 Å². The summed E-state index contributed by atoms with van der Waals surface area (Å²) in [5.74, 6) is 1.30. The summed E-state index contributed by atoms with van der Waals surface area (Å²) in [6.07, 6.45) is 1.62. The van der Waals surface area contributed by atoms with Crippen LogP contribution in [0.5, 0.6) is 5.75 Å². The number of nitrogens with zero attached hydrogens (tertiary/aromatic N) is 1. The molecule has 0 bridgehead atoms. The molecule has 1 N–H and O–H groups in total. The van der Waals surface area contributed by atoms with Crippen LogP contribution in [0.3, 0.4) is 0 Å². The van der Waals surface area contributed by atoms with E-state index in [1.54, 1.807) is 18.3 Å². The molecule has 0 aliphatic rings. The summed E-state index contributed by atoms with van der Waals surface area (Å²) in [5, 5.41) is 9.71. The van der Waals surface area contributed by atoms with Crippen molar-refractivity contribution in [2.45, 2.75) is 6.92 Å². The molecule has 0 saturated heterocycles. The maximum atomic E-state index is 9.71. The zero-order chi connectivity index (χ0) is 10.1. The molecule has 0 fully saturated rings. The fourth-order valence-corrected chi connectivity index (χ4v) is 1.53. The minimum Gasteiger partial charge on any atom is -0.506 e. The number of benzene rings is 1. The van der Waals surface area contributed by atoms with Gasteiger partial charge < -0.3 is 9.52 Å². The highest BCUT2D eigenvalue weighted by Gasteiger charge is 2.11. The van der Waals surface area contributed by atoms with Gasteiger partial charge in [-0.3, -0.25) is 0 Å². The first kappa shape index (κ1) is 9.27. The fourth-order valence-electron chi connectivity index (χ4n) is 1.17. The van der Waals surface area contributed by atoms with Gasteiger partial charge in [-0.2, -0.15) is 0 Å². The van der Waals surface area contributed by atoms with Crippen molar-refractivity contribution < 1.29 is 9.52 Å². The summed E-state index contributed by atoms with van der Waals surface area (Å²) in [4.78, 5) is 4.04. The lowest BCUT2D eigenvalue weighted by molar-refractivity contribution is 0.468. The van der Waals surface area contributed by atoms with Gasteiger partial charge in [-0.25, -0.2) is 4.98 Å². The third-order valence-corrected chi connectivity index (χ3v) is 2.48. The highest BCUT2D eigenvalue weighted by molar-refractivity contribution is 9.10. The van der Waals surface area contributed by atoms with Crippen LogP contribution in [0, 0.1) is 6.92 Å². The number of aromatic nitrogens is 1. The van der Waals surface area contributed by atoms with E-state index in [0.29, 0.717) is 15.9 Å². The van der Waals surface area contributed by atoms with E-state index in [9.17, 15) is 5.11 Å². The number of para-hydroxylation sites is 1. The molecule has 0 amide bonds. The average molecular weight is 254 g/mol. The van der Waals surface area contributed by atoms with Crippen molar-refractivity contribution in [2.24, 2.45) is 0 Å². The van der Waals surface area contributed by atoms with Crippen LogP contribution in [0.15, 0.2) is 33.3 Å². The summed E-state index contributed by atoms with van der Waals surface area (Å²) in [5.41, 5.74) is 0.590. The summed E-state index contributed by atoms with van der Waals surface area (Å²) < 4.78 is 5.94. The van der Waals surface area contributed by atoms with Crippen LogP contribution in [-0.4, -0.2) is 10.1 Å². The van der Waals surface area contributed by atoms with Crippen molar-refractivity contribution in [2.75, 3.05) is 0 Å². The number of rotatable bonds is 1. The van der Waals surface area contributed by atoms with E-state index in [1.807, 2.05) is 13.0 Å². The summed E-state index contributed by atoms with van der Waals surface area (Å²) >= 11 is 3.23. The Balaban J connectivity index is 2.57. The maximum absolute atomic E-state index is 9.71. The molecule has 0 unspecified atom stereocenters. The van der Waals surface area contributed by atoms with E-state index in [2.05, 4.69) is 20.9 Å². The molecule has 1 aromatic heterocycles. The predicted octanol–water partition coefficient (Wildman–Crippen LogP) is 3.12. The van der Waals surface area contributed by atoms with E-state index < -0.39 is 0 Å². The smallest absolute Gasteiger partial charge is 0.230 e. The summed E-state index contributed by atoms with van der Waals surface area (Å²) in [6.45, 7) is 1.81. The zero-order valence-corrected chi connectivity index (χ0v) is 9.08. The number of phenolic OH excluding ortho intramolecular Hbond substituents is 1. The van der Waals surface area contributed by atoms with E-state index >= 15 is 0 Å². The second-order valence-electron chi connectivity index (χ2n) is 2.91. The lowest BCUT2D eigenvalue weighted by Crippen LogP contribution is -1.79. The number of aromatic hydroxyl groups is 1. The highest BCUT2D eigenvalue weighted by atomic mass is 79.9. The molecular formula is C10H8BrNO2. The Labute approximate surface area is 89.5 Å². The van der Waals surface area contributed by atoms with Crippen molar-refractivity contribution in [3.05, 3.63) is 34.6 Å². The molecule has 2 aromatic rings. The molecule has 1 aromatic carbocycles. The van der Waals surface area contributed by atoms with Crippen LogP contribution in [0.2, 0.25) is 0 Å². The van der Waals surface area contributed by atoms with Gasteiger partial charge in [0.15, 0.2) is 0 Å². The number of hydrogen-bond donors (Lipinski definition) is 1. The average Bonchev–Trinajstić information content (AvgIpc) is 2.57. The van der Waals surface area contributed by atoms with E-state index in [-0.39, 0.29) is 5.75 Å². The number of oxazole rings is 1. The molecule has 0 spiro atoms. The topological polar surface area (TPSA) is 46.3 Å². The van der Waals surface area contributed by atoms with E-state index in [4.69, 9.17) is 4.42 Å². The van der Waals surface area contributed by atoms with Gasteiger partial charge in [0.2, 0.25) is 5.89 Å². The third kappa shape index (κ3) is 1.53. The molecule has 0 radical (unpaired) electrons. The molecule has 14 heavy (non-hydrogen) atoms. The summed E-state index contributed by atoms with van der Waals surface area (Å²) in [7, 11) is 0. The zero-order valence-electron chi connectivity index (χ0n) is 7.49. The quantitative estimate of drug-likeness (QED) is 0.850. The van der Waals surface area contributed by atoms with Gasteiger partial charge in [-0.15, -0.1) is 0 Å². The molecule has 2 rings (SSSR count). The van der Waals surface area contributed by atoms with Gasteiger partial charge in [-0.05, 0) is 35.0 Å². The van der Waals surface area contributed by atoms with Crippen LogP contribution < -0.4 is 0 Å². The van der Waals surface area contributed by atoms with Crippen LogP contribution in [0.1, 0.15) is 5.76 Å². The Morgan fingerprint density at radius 2 is 2.21 bits per heavy atom. The second-order valence-corrected chi connectivity index (χ2v) is 3.77. The van der Waals surface area contributed by atoms with Gasteiger partial charge >= 0.3 is 0 Å². The number of hydrogen-bond acceptors (Lipinski definition) is 3. The fraction of sp³-hybridized carbons (Fsp3) is 0.100.